The topological polar surface area (TPSA) is 139 Å². The number of carbonyl (C=O) groups is 2. The number of nitrogens with zero attached hydrogens (tertiary/aromatic N) is 3. The SMILES string of the molecule is CN(C)C(=O)c1cncc(Nc2nc(NC3CCCC[C@@H]3N)c(F)cc2C(N)=O)c1. The summed E-state index contributed by atoms with van der Waals surface area (Å²) in [6, 6.07) is 2.38. The van der Waals surface area contributed by atoms with Crippen molar-refractivity contribution in [3.63, 3.8) is 0 Å². The second kappa shape index (κ2) is 9.04. The van der Waals surface area contributed by atoms with Crippen LogP contribution in [0.25, 0.3) is 0 Å². The number of carbonyl (C=O) groups excluding carboxylic acids is 2. The van der Waals surface area contributed by atoms with E-state index < -0.39 is 11.7 Å². The van der Waals surface area contributed by atoms with Crippen molar-refractivity contribution in [1.29, 1.82) is 0 Å². The van der Waals surface area contributed by atoms with Crippen molar-refractivity contribution in [3.8, 4) is 0 Å². The predicted octanol–water partition coefficient (Wildman–Crippen LogP) is 1.84. The molecule has 160 valence electrons. The zero-order valence-corrected chi connectivity index (χ0v) is 17.0. The number of aromatic nitrogens is 2. The van der Waals surface area contributed by atoms with Crippen molar-refractivity contribution in [2.75, 3.05) is 24.7 Å². The summed E-state index contributed by atoms with van der Waals surface area (Å²) in [5.74, 6) is -1.72. The second-order valence-corrected chi connectivity index (χ2v) is 7.57. The quantitative estimate of drug-likeness (QED) is 0.564. The van der Waals surface area contributed by atoms with Gasteiger partial charge in [0.1, 0.15) is 5.82 Å². The van der Waals surface area contributed by atoms with Crippen molar-refractivity contribution >= 4 is 29.1 Å². The molecule has 2 amide bonds. The van der Waals surface area contributed by atoms with Crippen LogP contribution in [0.3, 0.4) is 0 Å². The van der Waals surface area contributed by atoms with Crippen molar-refractivity contribution in [2.45, 2.75) is 37.8 Å². The summed E-state index contributed by atoms with van der Waals surface area (Å²) in [6.07, 6.45) is 6.58. The minimum atomic E-state index is -0.835. The number of hydrogen-bond donors (Lipinski definition) is 4. The van der Waals surface area contributed by atoms with Gasteiger partial charge in [0, 0.05) is 32.4 Å². The Bertz CT molecular complexity index is 951. The maximum absolute atomic E-state index is 14.6. The number of nitrogens with one attached hydrogen (secondary N) is 2. The summed E-state index contributed by atoms with van der Waals surface area (Å²) in [6.45, 7) is 0. The number of amides is 2. The highest BCUT2D eigenvalue weighted by atomic mass is 19.1. The van der Waals surface area contributed by atoms with E-state index >= 15 is 0 Å². The smallest absolute Gasteiger partial charge is 0.254 e. The van der Waals surface area contributed by atoms with Crippen LogP contribution in [0.2, 0.25) is 0 Å². The third kappa shape index (κ3) is 4.82. The molecule has 1 unspecified atom stereocenters. The van der Waals surface area contributed by atoms with Gasteiger partial charge in [0.15, 0.2) is 11.6 Å². The molecule has 10 heteroatoms. The number of halogens is 1. The Morgan fingerprint density at radius 1 is 1.17 bits per heavy atom. The molecule has 6 N–H and O–H groups in total. The molecule has 2 heterocycles. The number of rotatable bonds is 6. The minimum absolute atomic E-state index is 0.0154. The minimum Gasteiger partial charge on any atom is -0.365 e. The molecule has 3 rings (SSSR count). The fourth-order valence-electron chi connectivity index (χ4n) is 3.41. The van der Waals surface area contributed by atoms with E-state index in [1.807, 2.05) is 0 Å². The van der Waals surface area contributed by atoms with E-state index in [1.165, 1.54) is 17.3 Å². The molecular formula is C20H26FN7O2. The Morgan fingerprint density at radius 2 is 1.90 bits per heavy atom. The van der Waals surface area contributed by atoms with Crippen LogP contribution in [-0.4, -0.2) is 52.9 Å². The van der Waals surface area contributed by atoms with Gasteiger partial charge in [-0.05, 0) is 25.0 Å². The van der Waals surface area contributed by atoms with E-state index in [2.05, 4.69) is 20.6 Å². The molecule has 0 saturated heterocycles. The third-order valence-corrected chi connectivity index (χ3v) is 5.04. The normalized spacial score (nSPS) is 18.5. The number of primary amides is 1. The van der Waals surface area contributed by atoms with Gasteiger partial charge in [-0.25, -0.2) is 9.37 Å². The molecule has 0 aliphatic heterocycles. The molecule has 30 heavy (non-hydrogen) atoms. The van der Waals surface area contributed by atoms with Crippen molar-refractivity contribution in [1.82, 2.24) is 14.9 Å². The van der Waals surface area contributed by atoms with Gasteiger partial charge in [0.2, 0.25) is 0 Å². The molecule has 2 atom stereocenters. The Hall–Kier alpha value is -3.27. The van der Waals surface area contributed by atoms with Crippen LogP contribution in [-0.2, 0) is 0 Å². The average Bonchev–Trinajstić information content (AvgIpc) is 2.71. The maximum atomic E-state index is 14.6. The van der Waals surface area contributed by atoms with Gasteiger partial charge in [-0.2, -0.15) is 0 Å². The largest absolute Gasteiger partial charge is 0.365 e. The zero-order valence-electron chi connectivity index (χ0n) is 17.0. The lowest BCUT2D eigenvalue weighted by atomic mass is 9.91. The highest BCUT2D eigenvalue weighted by molar-refractivity contribution is 5.99. The molecule has 0 aromatic carbocycles. The third-order valence-electron chi connectivity index (χ3n) is 5.04. The lowest BCUT2D eigenvalue weighted by Crippen LogP contribution is -2.43. The molecule has 0 bridgehead atoms. The van der Waals surface area contributed by atoms with E-state index in [4.69, 9.17) is 11.5 Å². The van der Waals surface area contributed by atoms with Crippen molar-refractivity contribution < 1.29 is 14.0 Å². The standard InChI is InChI=1S/C20H26FN7O2/c1-28(2)20(30)11-7-12(10-24-9-11)25-18-13(17(23)29)8-14(21)19(27-18)26-16-6-4-3-5-15(16)22/h7-10,15-16H,3-6,22H2,1-2H3,(H2,23,29)(H2,25,26,27)/t15-,16?/m0/s1. The Balaban J connectivity index is 1.92. The van der Waals surface area contributed by atoms with Crippen molar-refractivity contribution in [2.24, 2.45) is 11.5 Å². The molecular weight excluding hydrogens is 389 g/mol. The van der Waals surface area contributed by atoms with Crippen LogP contribution in [0.4, 0.5) is 21.7 Å². The number of nitrogens with two attached hydrogens (primary N) is 2. The van der Waals surface area contributed by atoms with E-state index in [0.717, 1.165) is 31.7 Å². The first-order valence-corrected chi connectivity index (χ1v) is 9.72. The van der Waals surface area contributed by atoms with Gasteiger partial charge in [-0.1, -0.05) is 12.8 Å². The van der Waals surface area contributed by atoms with Crippen LogP contribution in [0.5, 0.6) is 0 Å². The van der Waals surface area contributed by atoms with Gasteiger partial charge in [-0.15, -0.1) is 0 Å². The predicted molar refractivity (Wildman–Crippen MR) is 112 cm³/mol. The summed E-state index contributed by atoms with van der Waals surface area (Å²) in [7, 11) is 3.26. The van der Waals surface area contributed by atoms with Crippen LogP contribution in [0.15, 0.2) is 24.5 Å². The molecule has 9 nitrogen and oxygen atoms in total. The molecule has 1 fully saturated rings. The number of hydrogen-bond acceptors (Lipinski definition) is 7. The first kappa shape index (κ1) is 21.4. The molecule has 1 aliphatic rings. The monoisotopic (exact) mass is 415 g/mol. The molecule has 2 aromatic heterocycles. The molecule has 2 aromatic rings. The lowest BCUT2D eigenvalue weighted by molar-refractivity contribution is 0.0827. The van der Waals surface area contributed by atoms with E-state index in [0.29, 0.717) is 11.3 Å². The van der Waals surface area contributed by atoms with Crippen LogP contribution >= 0.6 is 0 Å². The fraction of sp³-hybridized carbons (Fsp3) is 0.400. The highest BCUT2D eigenvalue weighted by Crippen LogP contribution is 2.27. The lowest BCUT2D eigenvalue weighted by Gasteiger charge is -2.30. The van der Waals surface area contributed by atoms with Crippen LogP contribution in [0, 0.1) is 5.82 Å². The summed E-state index contributed by atoms with van der Waals surface area (Å²) in [4.78, 5) is 33.7. The average molecular weight is 415 g/mol. The van der Waals surface area contributed by atoms with Gasteiger partial charge < -0.3 is 27.0 Å². The van der Waals surface area contributed by atoms with Gasteiger partial charge in [0.25, 0.3) is 11.8 Å². The molecule has 0 radical (unpaired) electrons. The van der Waals surface area contributed by atoms with E-state index in [1.54, 1.807) is 20.2 Å². The van der Waals surface area contributed by atoms with Gasteiger partial charge >= 0.3 is 0 Å². The van der Waals surface area contributed by atoms with Gasteiger partial charge in [0.05, 0.1) is 23.0 Å². The van der Waals surface area contributed by atoms with Crippen LogP contribution < -0.4 is 22.1 Å². The van der Waals surface area contributed by atoms with E-state index in [-0.39, 0.29) is 35.2 Å². The highest BCUT2D eigenvalue weighted by Gasteiger charge is 2.24. The first-order chi connectivity index (χ1) is 14.3. The fourth-order valence-corrected chi connectivity index (χ4v) is 3.41. The van der Waals surface area contributed by atoms with E-state index in [9.17, 15) is 14.0 Å². The first-order valence-electron chi connectivity index (χ1n) is 9.72. The Labute approximate surface area is 174 Å². The second-order valence-electron chi connectivity index (χ2n) is 7.57. The Morgan fingerprint density at radius 3 is 2.57 bits per heavy atom. The Kier molecular flexibility index (Phi) is 6.46. The van der Waals surface area contributed by atoms with Crippen molar-refractivity contribution in [3.05, 3.63) is 41.5 Å². The number of anilines is 3. The molecule has 1 aliphatic carbocycles. The molecule has 1 saturated carbocycles. The molecule has 0 spiro atoms. The zero-order chi connectivity index (χ0) is 21.8. The number of pyridine rings is 2. The maximum Gasteiger partial charge on any atom is 0.254 e. The van der Waals surface area contributed by atoms with Gasteiger partial charge in [-0.3, -0.25) is 14.6 Å². The summed E-state index contributed by atoms with van der Waals surface area (Å²) < 4.78 is 14.6. The summed E-state index contributed by atoms with van der Waals surface area (Å²) in [5, 5.41) is 5.98. The van der Waals surface area contributed by atoms with Crippen LogP contribution in [0.1, 0.15) is 46.4 Å². The summed E-state index contributed by atoms with van der Waals surface area (Å²) >= 11 is 0. The summed E-state index contributed by atoms with van der Waals surface area (Å²) in [5.41, 5.74) is 12.2.